The van der Waals surface area contributed by atoms with Crippen molar-refractivity contribution in [2.75, 3.05) is 13.7 Å². The number of carbonyl (C=O) groups is 2. The van der Waals surface area contributed by atoms with Crippen molar-refractivity contribution in [1.29, 1.82) is 0 Å². The highest BCUT2D eigenvalue weighted by Gasteiger charge is 2.36. The van der Waals surface area contributed by atoms with Gasteiger partial charge in [0.2, 0.25) is 9.84 Å². The number of hydrogen-bond acceptors (Lipinski definition) is 5. The van der Waals surface area contributed by atoms with Gasteiger partial charge in [0.05, 0.1) is 17.6 Å². The van der Waals surface area contributed by atoms with E-state index in [1.165, 1.54) is 18.9 Å². The lowest BCUT2D eigenvalue weighted by atomic mass is 10.0. The molecule has 0 saturated heterocycles. The molecule has 0 spiro atoms. The van der Waals surface area contributed by atoms with Crippen LogP contribution in [0.5, 0.6) is 5.75 Å². The zero-order chi connectivity index (χ0) is 27.1. The molecule has 8 nitrogen and oxygen atoms in total. The molecule has 4 rings (SSSR count). The van der Waals surface area contributed by atoms with E-state index in [2.05, 4.69) is 4.98 Å². The number of sulfone groups is 1. The number of hydrogen-bond donors (Lipinski definition) is 2. The Morgan fingerprint density at radius 3 is 2.46 bits per heavy atom. The maximum absolute atomic E-state index is 13.5. The van der Waals surface area contributed by atoms with Crippen LogP contribution in [0.15, 0.2) is 52.3 Å². The summed E-state index contributed by atoms with van der Waals surface area (Å²) in [6.07, 6.45) is -3.42. The van der Waals surface area contributed by atoms with E-state index < -0.39 is 48.9 Å². The van der Waals surface area contributed by atoms with Crippen molar-refractivity contribution in [3.05, 3.63) is 76.1 Å². The van der Waals surface area contributed by atoms with Crippen LogP contribution in [0, 0.1) is 6.92 Å². The maximum atomic E-state index is 13.5. The second-order valence-corrected chi connectivity index (χ2v) is 10.6. The normalized spacial score (nSPS) is 14.1. The van der Waals surface area contributed by atoms with Gasteiger partial charge in [-0.1, -0.05) is 12.1 Å². The van der Waals surface area contributed by atoms with Crippen LogP contribution < -0.4 is 10.5 Å². The lowest BCUT2D eigenvalue weighted by Gasteiger charge is -2.21. The van der Waals surface area contributed by atoms with Crippen LogP contribution in [-0.2, 0) is 29.0 Å². The molecule has 0 radical (unpaired) electrons. The van der Waals surface area contributed by atoms with Gasteiger partial charge in [0, 0.05) is 13.1 Å². The molecule has 0 saturated carbocycles. The van der Waals surface area contributed by atoms with E-state index in [-0.39, 0.29) is 17.8 Å². The number of nitrogens with zero attached hydrogens (tertiary/aromatic N) is 1. The molecule has 1 aliphatic heterocycles. The van der Waals surface area contributed by atoms with E-state index in [0.717, 1.165) is 29.3 Å². The zero-order valence-corrected chi connectivity index (χ0v) is 20.8. The van der Waals surface area contributed by atoms with Gasteiger partial charge in [-0.25, -0.2) is 8.42 Å². The minimum absolute atomic E-state index is 0.105. The number of nitrogens with one attached hydrogen (secondary N) is 1. The van der Waals surface area contributed by atoms with Crippen molar-refractivity contribution in [3.63, 3.8) is 0 Å². The zero-order valence-electron chi connectivity index (χ0n) is 20.0. The van der Waals surface area contributed by atoms with Crippen LogP contribution in [0.3, 0.4) is 0 Å². The van der Waals surface area contributed by atoms with Crippen LogP contribution in [0.1, 0.15) is 49.7 Å². The van der Waals surface area contributed by atoms with Crippen LogP contribution in [-0.4, -0.2) is 43.8 Å². The van der Waals surface area contributed by atoms with E-state index in [1.54, 1.807) is 0 Å². The SMILES string of the molecule is COc1ccc2c(c1)CN(C(=O)c1[nH]c(C(N)=O)c(S(=O)(=O)c3cccc(C(F)(F)F)c3)c1C)CCC2. The highest BCUT2D eigenvalue weighted by Crippen LogP contribution is 2.35. The summed E-state index contributed by atoms with van der Waals surface area (Å²) in [6, 6.07) is 8.73. The predicted molar refractivity (Wildman–Crippen MR) is 127 cm³/mol. The number of aromatic amines is 1. The fraction of sp³-hybridized carbons (Fsp3) is 0.280. The topological polar surface area (TPSA) is 123 Å². The highest BCUT2D eigenvalue weighted by atomic mass is 32.2. The number of halogens is 3. The van der Waals surface area contributed by atoms with Gasteiger partial charge in [0.15, 0.2) is 0 Å². The first-order chi connectivity index (χ1) is 17.3. The Morgan fingerprint density at radius 2 is 1.81 bits per heavy atom. The lowest BCUT2D eigenvalue weighted by molar-refractivity contribution is -0.137. The first-order valence-corrected chi connectivity index (χ1v) is 12.7. The quantitative estimate of drug-likeness (QED) is 0.514. The average molecular weight is 536 g/mol. The first kappa shape index (κ1) is 26.3. The standard InChI is InChI=1S/C25H24F3N3O5S/c1-14-20(24(33)31-10-4-5-15-8-9-18(36-2)11-16(15)13-31)30-21(23(29)32)22(14)37(34,35)19-7-3-6-17(12-19)25(26,27)28/h3,6-9,11-12,30H,4-5,10,13H2,1-2H3,(H2,29,32). The molecular weight excluding hydrogens is 511 g/mol. The number of primary amides is 1. The fourth-order valence-electron chi connectivity index (χ4n) is 4.45. The summed E-state index contributed by atoms with van der Waals surface area (Å²) >= 11 is 0. The number of aromatic nitrogens is 1. The van der Waals surface area contributed by atoms with Crippen molar-refractivity contribution >= 4 is 21.7 Å². The van der Waals surface area contributed by atoms with E-state index >= 15 is 0 Å². The molecule has 2 heterocycles. The molecule has 1 aromatic heterocycles. The van der Waals surface area contributed by atoms with Gasteiger partial charge in [-0.2, -0.15) is 13.2 Å². The number of nitrogens with two attached hydrogens (primary N) is 1. The Morgan fingerprint density at radius 1 is 1.08 bits per heavy atom. The molecular formula is C25H24F3N3O5S. The molecule has 0 unspecified atom stereocenters. The second kappa shape index (κ2) is 9.58. The number of alkyl halides is 3. The average Bonchev–Trinajstić information content (AvgIpc) is 3.07. The monoisotopic (exact) mass is 535 g/mol. The van der Waals surface area contributed by atoms with Gasteiger partial charge in [-0.3, -0.25) is 9.59 Å². The number of ether oxygens (including phenoxy) is 1. The Bertz CT molecular complexity index is 1500. The summed E-state index contributed by atoms with van der Waals surface area (Å²) in [5.41, 5.74) is 5.30. The van der Waals surface area contributed by atoms with E-state index in [9.17, 15) is 31.2 Å². The number of benzene rings is 2. The number of aryl methyl sites for hydroxylation is 1. The number of rotatable bonds is 5. The summed E-state index contributed by atoms with van der Waals surface area (Å²) < 4.78 is 71.8. The largest absolute Gasteiger partial charge is 0.497 e. The maximum Gasteiger partial charge on any atom is 0.416 e. The number of fused-ring (bicyclic) bond motifs is 1. The van der Waals surface area contributed by atoms with Crippen LogP contribution in [0.2, 0.25) is 0 Å². The lowest BCUT2D eigenvalue weighted by Crippen LogP contribution is -2.31. The molecule has 0 aliphatic carbocycles. The van der Waals surface area contributed by atoms with Crippen molar-refractivity contribution in [3.8, 4) is 5.75 Å². The number of H-pyrrole nitrogens is 1. The smallest absolute Gasteiger partial charge is 0.416 e. The molecule has 0 fully saturated rings. The third kappa shape index (κ3) is 4.93. The third-order valence-electron chi connectivity index (χ3n) is 6.33. The Labute approximate surface area is 211 Å². The summed E-state index contributed by atoms with van der Waals surface area (Å²) in [5, 5.41) is 0. The molecule has 2 aromatic carbocycles. The van der Waals surface area contributed by atoms with Gasteiger partial charge in [-0.15, -0.1) is 0 Å². The fourth-order valence-corrected chi connectivity index (χ4v) is 6.16. The molecule has 3 N–H and O–H groups in total. The van der Waals surface area contributed by atoms with E-state index in [4.69, 9.17) is 10.5 Å². The van der Waals surface area contributed by atoms with Gasteiger partial charge >= 0.3 is 6.18 Å². The summed E-state index contributed by atoms with van der Waals surface area (Å²) in [6.45, 7) is 1.88. The Kier molecular flexibility index (Phi) is 6.80. The molecule has 2 amide bonds. The minimum Gasteiger partial charge on any atom is -0.497 e. The molecule has 3 aromatic rings. The second-order valence-electron chi connectivity index (χ2n) is 8.69. The molecule has 1 aliphatic rings. The molecule has 12 heteroatoms. The molecule has 0 bridgehead atoms. The summed E-state index contributed by atoms with van der Waals surface area (Å²) in [4.78, 5) is 28.5. The number of methoxy groups -OCH3 is 1. The van der Waals surface area contributed by atoms with Gasteiger partial charge in [0.25, 0.3) is 11.8 Å². The minimum atomic E-state index is -4.78. The van der Waals surface area contributed by atoms with Crippen molar-refractivity contribution < 1.29 is 35.9 Å². The van der Waals surface area contributed by atoms with Gasteiger partial charge in [-0.05, 0) is 66.8 Å². The molecule has 37 heavy (non-hydrogen) atoms. The van der Waals surface area contributed by atoms with E-state index in [0.29, 0.717) is 31.2 Å². The Balaban J connectivity index is 1.77. The molecule has 0 atom stereocenters. The van der Waals surface area contributed by atoms with Crippen LogP contribution >= 0.6 is 0 Å². The van der Waals surface area contributed by atoms with Crippen LogP contribution in [0.25, 0.3) is 0 Å². The van der Waals surface area contributed by atoms with Crippen molar-refractivity contribution in [2.45, 2.75) is 42.3 Å². The molecule has 196 valence electrons. The first-order valence-electron chi connectivity index (χ1n) is 11.2. The van der Waals surface area contributed by atoms with Crippen molar-refractivity contribution in [1.82, 2.24) is 9.88 Å². The summed E-state index contributed by atoms with van der Waals surface area (Å²) in [7, 11) is -3.13. The van der Waals surface area contributed by atoms with Crippen LogP contribution in [0.4, 0.5) is 13.2 Å². The van der Waals surface area contributed by atoms with Gasteiger partial charge < -0.3 is 20.4 Å². The summed E-state index contributed by atoms with van der Waals surface area (Å²) in [5.74, 6) is -1.12. The van der Waals surface area contributed by atoms with Gasteiger partial charge in [0.1, 0.15) is 22.0 Å². The van der Waals surface area contributed by atoms with E-state index in [1.807, 2.05) is 18.2 Å². The Hall–Kier alpha value is -3.80. The predicted octanol–water partition coefficient (Wildman–Crippen LogP) is 3.87. The highest BCUT2D eigenvalue weighted by molar-refractivity contribution is 7.91. The third-order valence-corrected chi connectivity index (χ3v) is 8.25. The number of amides is 2. The number of carbonyl (C=O) groups excluding carboxylic acids is 2. The van der Waals surface area contributed by atoms with Crippen molar-refractivity contribution in [2.24, 2.45) is 5.73 Å².